The van der Waals surface area contributed by atoms with Crippen LogP contribution in [0.5, 0.6) is 0 Å². The fourth-order valence-electron chi connectivity index (χ4n) is 2.01. The lowest BCUT2D eigenvalue weighted by Crippen LogP contribution is -2.37. The molecule has 18 heavy (non-hydrogen) atoms. The van der Waals surface area contributed by atoms with E-state index in [4.69, 9.17) is 4.74 Å². The van der Waals surface area contributed by atoms with E-state index in [9.17, 15) is 0 Å². The molecule has 0 unspecified atom stereocenters. The summed E-state index contributed by atoms with van der Waals surface area (Å²) >= 11 is 0. The minimum Gasteiger partial charge on any atom is -0.382 e. The maximum absolute atomic E-state index is 5.25. The Balaban J connectivity index is 2.50. The first-order valence-electron chi connectivity index (χ1n) is 7.06. The lowest BCUT2D eigenvalue weighted by atomic mass is 10.2. The van der Waals surface area contributed by atoms with Crippen LogP contribution in [0.1, 0.15) is 33.6 Å². The number of ether oxygens (including phenoxy) is 1. The molecule has 0 amide bonds. The number of methoxy groups -OCH3 is 1. The summed E-state index contributed by atoms with van der Waals surface area (Å²) in [6.07, 6.45) is 4.61. The maximum Gasteiger partial charge on any atom is 0.0704 e. The van der Waals surface area contributed by atoms with E-state index in [1.807, 2.05) is 0 Å². The predicted molar refractivity (Wildman–Crippen MR) is 82.1 cm³/mol. The summed E-state index contributed by atoms with van der Waals surface area (Å²) in [6.45, 7) is 13.9. The Hall–Kier alpha value is -0.353. The summed E-state index contributed by atoms with van der Waals surface area (Å²) in [5, 5.41) is 7.34. The van der Waals surface area contributed by atoms with Crippen molar-refractivity contribution in [1.29, 1.82) is 0 Å². The molecule has 0 N–H and O–H groups in total. The molecule has 0 aromatic rings. The van der Waals surface area contributed by atoms with Crippen molar-refractivity contribution in [3.8, 4) is 0 Å². The fourth-order valence-corrected chi connectivity index (χ4v) is 3.16. The smallest absolute Gasteiger partial charge is 0.0704 e. The molecule has 1 heterocycles. The second kappa shape index (κ2) is 6.20. The van der Waals surface area contributed by atoms with Crippen LogP contribution in [0.15, 0.2) is 5.10 Å². The molecule has 0 radical (unpaired) electrons. The van der Waals surface area contributed by atoms with E-state index in [-0.39, 0.29) is 0 Å². The quantitative estimate of drug-likeness (QED) is 0.563. The second-order valence-corrected chi connectivity index (χ2v) is 12.7. The van der Waals surface area contributed by atoms with Crippen molar-refractivity contribution in [2.45, 2.75) is 63.8 Å². The minimum atomic E-state index is -1.22. The van der Waals surface area contributed by atoms with Crippen molar-refractivity contribution in [3.05, 3.63) is 0 Å². The van der Waals surface area contributed by atoms with E-state index in [1.165, 1.54) is 12.8 Å². The Kier molecular flexibility index (Phi) is 5.41. The van der Waals surface area contributed by atoms with E-state index in [0.717, 1.165) is 19.2 Å². The highest BCUT2D eigenvalue weighted by molar-refractivity contribution is 6.82. The van der Waals surface area contributed by atoms with E-state index < -0.39 is 8.07 Å². The van der Waals surface area contributed by atoms with Crippen LogP contribution in [0.3, 0.4) is 0 Å². The molecule has 1 saturated heterocycles. The fraction of sp³-hybridized carbons (Fsp3) is 0.929. The molecule has 0 spiro atoms. The van der Waals surface area contributed by atoms with Crippen molar-refractivity contribution >= 4 is 14.3 Å². The second-order valence-electron chi connectivity index (χ2n) is 7.05. The highest BCUT2D eigenvalue weighted by Gasteiger charge is 2.34. The third-order valence-corrected chi connectivity index (χ3v) is 9.83. The van der Waals surface area contributed by atoms with Gasteiger partial charge in [-0.25, -0.2) is 0 Å². The largest absolute Gasteiger partial charge is 0.382 e. The van der Waals surface area contributed by atoms with Crippen LogP contribution in [0.4, 0.5) is 0 Å². The number of hydrogen-bond acceptors (Lipinski definition) is 3. The lowest BCUT2D eigenvalue weighted by Gasteiger charge is -2.36. The summed E-state index contributed by atoms with van der Waals surface area (Å²) in [5.74, 6) is 0. The molecule has 0 saturated carbocycles. The van der Waals surface area contributed by atoms with Gasteiger partial charge >= 0.3 is 0 Å². The topological polar surface area (TPSA) is 24.8 Å². The molecule has 3 nitrogen and oxygen atoms in total. The van der Waals surface area contributed by atoms with Crippen molar-refractivity contribution in [1.82, 2.24) is 5.01 Å². The summed E-state index contributed by atoms with van der Waals surface area (Å²) in [5.41, 5.74) is 0. The molecule has 106 valence electrons. The Morgan fingerprint density at radius 2 is 2.06 bits per heavy atom. The standard InChI is InChI=1S/C14H30N2OSi/c1-14(2,3)18(5,6)11-9-15-16-10-7-8-13(16)12-17-4/h9,13H,7-8,10-12H2,1-6H3/t13-/m0/s1. The maximum atomic E-state index is 5.25. The molecule has 0 aliphatic carbocycles. The molecule has 0 bridgehead atoms. The van der Waals surface area contributed by atoms with Crippen LogP contribution in [-0.2, 0) is 4.74 Å². The zero-order chi connectivity index (χ0) is 13.8. The highest BCUT2D eigenvalue weighted by atomic mass is 28.3. The van der Waals surface area contributed by atoms with Gasteiger partial charge in [0, 0.05) is 19.9 Å². The van der Waals surface area contributed by atoms with Gasteiger partial charge in [0.25, 0.3) is 0 Å². The van der Waals surface area contributed by atoms with E-state index in [0.29, 0.717) is 11.1 Å². The average Bonchev–Trinajstić information content (AvgIpc) is 2.64. The van der Waals surface area contributed by atoms with Gasteiger partial charge in [-0.2, -0.15) is 5.10 Å². The van der Waals surface area contributed by atoms with Gasteiger partial charge in [0.2, 0.25) is 0 Å². The van der Waals surface area contributed by atoms with E-state index in [1.54, 1.807) is 7.11 Å². The van der Waals surface area contributed by atoms with E-state index in [2.05, 4.69) is 50.2 Å². The summed E-state index contributed by atoms with van der Waals surface area (Å²) in [6, 6.07) is 1.65. The van der Waals surface area contributed by atoms with Crippen LogP contribution < -0.4 is 0 Å². The van der Waals surface area contributed by atoms with Gasteiger partial charge in [-0.05, 0) is 23.9 Å². The molecule has 1 aliphatic heterocycles. The monoisotopic (exact) mass is 270 g/mol. The molecular formula is C14H30N2OSi. The first kappa shape index (κ1) is 15.7. The van der Waals surface area contributed by atoms with Gasteiger partial charge in [-0.3, -0.25) is 5.01 Å². The Morgan fingerprint density at radius 3 is 2.61 bits per heavy atom. The lowest BCUT2D eigenvalue weighted by molar-refractivity contribution is 0.118. The van der Waals surface area contributed by atoms with Gasteiger partial charge < -0.3 is 4.74 Å². The zero-order valence-electron chi connectivity index (χ0n) is 13.0. The van der Waals surface area contributed by atoms with Gasteiger partial charge in [0.1, 0.15) is 0 Å². The van der Waals surface area contributed by atoms with Gasteiger partial charge in [-0.15, -0.1) is 0 Å². The SMILES string of the molecule is COC[C@@H]1CCCN1N=CC[Si](C)(C)C(C)(C)C. The minimum absolute atomic E-state index is 0.440. The summed E-state index contributed by atoms with van der Waals surface area (Å²) < 4.78 is 5.25. The van der Waals surface area contributed by atoms with Crippen LogP contribution in [0.2, 0.25) is 24.2 Å². The number of rotatable bonds is 5. The number of hydrazone groups is 1. The number of hydrogen-bond donors (Lipinski definition) is 0. The third-order valence-electron chi connectivity index (χ3n) is 4.57. The number of nitrogens with zero attached hydrogens (tertiary/aromatic N) is 2. The molecule has 0 aromatic heterocycles. The van der Waals surface area contributed by atoms with Crippen molar-refractivity contribution in [2.24, 2.45) is 5.10 Å². The third kappa shape index (κ3) is 4.09. The van der Waals surface area contributed by atoms with Crippen molar-refractivity contribution < 1.29 is 4.74 Å². The van der Waals surface area contributed by atoms with Crippen LogP contribution in [-0.4, -0.2) is 45.6 Å². The normalized spacial score (nSPS) is 22.1. The molecule has 1 atom stereocenters. The molecule has 4 heteroatoms. The molecule has 1 rings (SSSR count). The van der Waals surface area contributed by atoms with Gasteiger partial charge in [0.15, 0.2) is 0 Å². The van der Waals surface area contributed by atoms with E-state index >= 15 is 0 Å². The molecule has 0 aromatic carbocycles. The van der Waals surface area contributed by atoms with Crippen molar-refractivity contribution in [3.63, 3.8) is 0 Å². The van der Waals surface area contributed by atoms with Gasteiger partial charge in [0.05, 0.1) is 20.7 Å². The zero-order valence-corrected chi connectivity index (χ0v) is 14.0. The highest BCUT2D eigenvalue weighted by Crippen LogP contribution is 2.37. The van der Waals surface area contributed by atoms with Crippen molar-refractivity contribution in [2.75, 3.05) is 20.3 Å². The predicted octanol–water partition coefficient (Wildman–Crippen LogP) is 3.59. The van der Waals surface area contributed by atoms with Crippen LogP contribution in [0.25, 0.3) is 0 Å². The van der Waals surface area contributed by atoms with Crippen LogP contribution >= 0.6 is 0 Å². The van der Waals surface area contributed by atoms with Crippen LogP contribution in [0, 0.1) is 0 Å². The Bertz CT molecular complexity index is 284. The Morgan fingerprint density at radius 1 is 1.39 bits per heavy atom. The first-order chi connectivity index (χ1) is 8.28. The molecule has 1 aliphatic rings. The first-order valence-corrected chi connectivity index (χ1v) is 10.3. The summed E-state index contributed by atoms with van der Waals surface area (Å²) in [7, 11) is 0.549. The molecule has 1 fully saturated rings. The Labute approximate surface area is 114 Å². The molecular weight excluding hydrogens is 240 g/mol. The van der Waals surface area contributed by atoms with Gasteiger partial charge in [-0.1, -0.05) is 33.9 Å². The average molecular weight is 270 g/mol. The summed E-state index contributed by atoms with van der Waals surface area (Å²) in [4.78, 5) is 0.